The number of rotatable bonds is 7. The summed E-state index contributed by atoms with van der Waals surface area (Å²) in [4.78, 5) is 12.1. The average Bonchev–Trinajstić information content (AvgIpc) is 2.52. The van der Waals surface area contributed by atoms with E-state index in [1.165, 1.54) is 18.2 Å². The molecule has 2 N–H and O–H groups in total. The Hall–Kier alpha value is -2.25. The number of aryl methyl sites for hydroxylation is 1. The van der Waals surface area contributed by atoms with Crippen molar-refractivity contribution in [2.24, 2.45) is 0 Å². The molecule has 0 bridgehead atoms. The molecule has 0 fully saturated rings. The first kappa shape index (κ1) is 19.1. The number of carbonyl (C=O) groups excluding carboxylic acids is 1. The van der Waals surface area contributed by atoms with E-state index < -0.39 is 10.0 Å². The van der Waals surface area contributed by atoms with E-state index in [4.69, 9.17) is 16.3 Å². The smallest absolute Gasteiger partial charge is 0.251 e. The van der Waals surface area contributed by atoms with Crippen molar-refractivity contribution in [3.63, 3.8) is 0 Å². The van der Waals surface area contributed by atoms with Gasteiger partial charge in [0.2, 0.25) is 10.0 Å². The number of ether oxygens (including phenoxy) is 1. The molecule has 25 heavy (non-hydrogen) atoms. The number of sulfonamides is 1. The zero-order chi connectivity index (χ0) is 18.4. The van der Waals surface area contributed by atoms with Gasteiger partial charge in [0.05, 0.1) is 23.5 Å². The minimum atomic E-state index is -3.43. The molecule has 0 aliphatic rings. The molecule has 0 aliphatic heterocycles. The second-order valence-electron chi connectivity index (χ2n) is 5.49. The van der Waals surface area contributed by atoms with Gasteiger partial charge in [-0.3, -0.25) is 9.52 Å². The summed E-state index contributed by atoms with van der Waals surface area (Å²) in [7, 11) is -3.43. The van der Waals surface area contributed by atoms with Crippen molar-refractivity contribution in [2.75, 3.05) is 24.1 Å². The summed E-state index contributed by atoms with van der Waals surface area (Å²) in [5, 5.41) is 2.86. The minimum absolute atomic E-state index is 0.147. The van der Waals surface area contributed by atoms with Crippen LogP contribution in [0.4, 0.5) is 5.69 Å². The number of nitrogens with one attached hydrogen (secondary N) is 2. The molecule has 2 rings (SSSR count). The molecular weight excluding hydrogens is 364 g/mol. The van der Waals surface area contributed by atoms with Crippen LogP contribution < -0.4 is 14.8 Å². The van der Waals surface area contributed by atoms with Gasteiger partial charge in [-0.05, 0) is 42.8 Å². The van der Waals surface area contributed by atoms with Crippen LogP contribution in [0.3, 0.4) is 0 Å². The summed E-state index contributed by atoms with van der Waals surface area (Å²) in [5.41, 5.74) is 1.65. The van der Waals surface area contributed by atoms with Crippen LogP contribution in [0.1, 0.15) is 15.9 Å². The lowest BCUT2D eigenvalue weighted by atomic mass is 10.2. The van der Waals surface area contributed by atoms with Crippen LogP contribution in [0.25, 0.3) is 0 Å². The summed E-state index contributed by atoms with van der Waals surface area (Å²) in [5.74, 6) is 0.425. The normalized spacial score (nSPS) is 11.0. The van der Waals surface area contributed by atoms with Crippen molar-refractivity contribution in [3.05, 3.63) is 58.6 Å². The second-order valence-corrected chi connectivity index (χ2v) is 7.65. The summed E-state index contributed by atoms with van der Waals surface area (Å²) >= 11 is 6.00. The number of hydrogen-bond donors (Lipinski definition) is 2. The SMILES string of the molecule is Cc1cccc(OCCNC(=O)c2ccc(NS(C)(=O)=O)c(Cl)c2)c1. The maximum absolute atomic E-state index is 12.1. The van der Waals surface area contributed by atoms with Gasteiger partial charge >= 0.3 is 0 Å². The first-order valence-corrected chi connectivity index (χ1v) is 9.76. The lowest BCUT2D eigenvalue weighted by Gasteiger charge is -2.10. The van der Waals surface area contributed by atoms with Crippen molar-refractivity contribution < 1.29 is 17.9 Å². The van der Waals surface area contributed by atoms with E-state index in [1.54, 1.807) is 0 Å². The molecule has 0 unspecified atom stereocenters. The van der Waals surface area contributed by atoms with Crippen molar-refractivity contribution in [1.29, 1.82) is 0 Å². The second kappa shape index (κ2) is 8.22. The predicted octanol–water partition coefficient (Wildman–Crippen LogP) is 2.83. The topological polar surface area (TPSA) is 84.5 Å². The van der Waals surface area contributed by atoms with E-state index >= 15 is 0 Å². The molecule has 0 atom stereocenters. The van der Waals surface area contributed by atoms with Crippen LogP contribution in [0.2, 0.25) is 5.02 Å². The fourth-order valence-corrected chi connectivity index (χ4v) is 2.94. The number of halogens is 1. The molecule has 0 radical (unpaired) electrons. The molecule has 0 aromatic heterocycles. The summed E-state index contributed by atoms with van der Waals surface area (Å²) < 4.78 is 30.3. The number of amides is 1. The Morgan fingerprint density at radius 2 is 1.96 bits per heavy atom. The van der Waals surface area contributed by atoms with E-state index in [-0.39, 0.29) is 16.6 Å². The fraction of sp³-hybridized carbons (Fsp3) is 0.235. The van der Waals surface area contributed by atoms with Crippen molar-refractivity contribution in [3.8, 4) is 5.75 Å². The van der Waals surface area contributed by atoms with Crippen LogP contribution in [0.5, 0.6) is 5.75 Å². The zero-order valence-corrected chi connectivity index (χ0v) is 15.4. The Labute approximate surface area is 152 Å². The molecule has 0 spiro atoms. The van der Waals surface area contributed by atoms with Gasteiger partial charge < -0.3 is 10.1 Å². The molecule has 0 saturated carbocycles. The molecule has 8 heteroatoms. The Morgan fingerprint density at radius 3 is 2.60 bits per heavy atom. The summed E-state index contributed by atoms with van der Waals surface area (Å²) in [6, 6.07) is 12.0. The lowest BCUT2D eigenvalue weighted by molar-refractivity contribution is 0.0947. The summed E-state index contributed by atoms with van der Waals surface area (Å²) in [6.45, 7) is 2.63. The highest BCUT2D eigenvalue weighted by Gasteiger charge is 2.11. The fourth-order valence-electron chi connectivity index (χ4n) is 2.08. The number of anilines is 1. The number of benzene rings is 2. The van der Waals surface area contributed by atoms with E-state index in [2.05, 4.69) is 10.0 Å². The maximum atomic E-state index is 12.1. The van der Waals surface area contributed by atoms with Gasteiger partial charge in [0.15, 0.2) is 0 Å². The molecule has 1 amide bonds. The first-order chi connectivity index (χ1) is 11.7. The van der Waals surface area contributed by atoms with E-state index in [0.717, 1.165) is 17.6 Å². The van der Waals surface area contributed by atoms with Crippen LogP contribution in [-0.4, -0.2) is 33.7 Å². The van der Waals surface area contributed by atoms with Crippen LogP contribution in [-0.2, 0) is 10.0 Å². The predicted molar refractivity (Wildman–Crippen MR) is 98.9 cm³/mol. The van der Waals surface area contributed by atoms with Gasteiger partial charge in [0.1, 0.15) is 12.4 Å². The van der Waals surface area contributed by atoms with E-state index in [0.29, 0.717) is 18.7 Å². The first-order valence-electron chi connectivity index (χ1n) is 7.49. The van der Waals surface area contributed by atoms with Gasteiger partial charge in [0, 0.05) is 5.56 Å². The van der Waals surface area contributed by atoms with Crippen molar-refractivity contribution in [1.82, 2.24) is 5.32 Å². The highest BCUT2D eigenvalue weighted by molar-refractivity contribution is 7.92. The molecule has 0 saturated heterocycles. The highest BCUT2D eigenvalue weighted by Crippen LogP contribution is 2.23. The van der Waals surface area contributed by atoms with E-state index in [9.17, 15) is 13.2 Å². The number of carbonyl (C=O) groups is 1. The van der Waals surface area contributed by atoms with Gasteiger partial charge in [-0.1, -0.05) is 23.7 Å². The Kier molecular flexibility index (Phi) is 6.27. The third-order valence-electron chi connectivity index (χ3n) is 3.17. The third kappa shape index (κ3) is 6.28. The van der Waals surface area contributed by atoms with E-state index in [1.807, 2.05) is 31.2 Å². The van der Waals surface area contributed by atoms with Crippen molar-refractivity contribution >= 4 is 33.2 Å². The van der Waals surface area contributed by atoms with Gasteiger partial charge in [-0.15, -0.1) is 0 Å². The van der Waals surface area contributed by atoms with Crippen LogP contribution in [0.15, 0.2) is 42.5 Å². The Morgan fingerprint density at radius 1 is 1.20 bits per heavy atom. The summed E-state index contributed by atoms with van der Waals surface area (Å²) in [6.07, 6.45) is 1.03. The zero-order valence-electron chi connectivity index (χ0n) is 13.9. The monoisotopic (exact) mass is 382 g/mol. The van der Waals surface area contributed by atoms with Gasteiger partial charge in [-0.2, -0.15) is 0 Å². The van der Waals surface area contributed by atoms with Crippen LogP contribution in [0, 0.1) is 6.92 Å². The number of hydrogen-bond acceptors (Lipinski definition) is 4. The van der Waals surface area contributed by atoms with Crippen molar-refractivity contribution in [2.45, 2.75) is 6.92 Å². The quantitative estimate of drug-likeness (QED) is 0.721. The standard InChI is InChI=1S/C17H19ClN2O4S/c1-12-4-3-5-14(10-12)24-9-8-19-17(21)13-6-7-16(15(18)11-13)20-25(2,22)23/h3-7,10-11,20H,8-9H2,1-2H3,(H,19,21). The highest BCUT2D eigenvalue weighted by atomic mass is 35.5. The lowest BCUT2D eigenvalue weighted by Crippen LogP contribution is -2.28. The molecule has 2 aromatic rings. The average molecular weight is 383 g/mol. The Balaban J connectivity index is 1.87. The third-order valence-corrected chi connectivity index (χ3v) is 4.08. The molecule has 2 aromatic carbocycles. The van der Waals surface area contributed by atoms with Gasteiger partial charge in [0.25, 0.3) is 5.91 Å². The molecule has 0 aliphatic carbocycles. The molecule has 6 nitrogen and oxygen atoms in total. The Bertz CT molecular complexity index is 869. The molecule has 0 heterocycles. The molecular formula is C17H19ClN2O4S. The maximum Gasteiger partial charge on any atom is 0.251 e. The largest absolute Gasteiger partial charge is 0.492 e. The molecule has 134 valence electrons. The van der Waals surface area contributed by atoms with Gasteiger partial charge in [-0.25, -0.2) is 8.42 Å². The van der Waals surface area contributed by atoms with Crippen LogP contribution >= 0.6 is 11.6 Å². The minimum Gasteiger partial charge on any atom is -0.492 e.